The Balaban J connectivity index is 1.58. The van der Waals surface area contributed by atoms with E-state index in [0.29, 0.717) is 26.2 Å². The molecule has 168 valence electrons. The highest BCUT2D eigenvalue weighted by Gasteiger charge is 2.45. The van der Waals surface area contributed by atoms with Crippen molar-refractivity contribution in [1.29, 1.82) is 0 Å². The third kappa shape index (κ3) is 4.91. The van der Waals surface area contributed by atoms with Crippen molar-refractivity contribution < 1.29 is 14.0 Å². The van der Waals surface area contributed by atoms with E-state index in [4.69, 9.17) is 34.8 Å². The summed E-state index contributed by atoms with van der Waals surface area (Å²) in [4.78, 5) is 27.4. The molecule has 3 aromatic carbocycles. The fraction of sp³-hybridized carbons (Fsp3) is 0.120. The smallest absolute Gasteiger partial charge is 0.283 e. The molecule has 0 saturated heterocycles. The highest BCUT2D eigenvalue weighted by molar-refractivity contribution is 6.42. The van der Waals surface area contributed by atoms with Crippen LogP contribution in [0.2, 0.25) is 15.1 Å². The maximum absolute atomic E-state index is 15.9. The van der Waals surface area contributed by atoms with Crippen molar-refractivity contribution in [1.82, 2.24) is 4.90 Å². The minimum Gasteiger partial charge on any atom is -0.334 e. The zero-order chi connectivity index (χ0) is 23.6. The van der Waals surface area contributed by atoms with Gasteiger partial charge in [0, 0.05) is 29.1 Å². The van der Waals surface area contributed by atoms with Crippen molar-refractivity contribution >= 4 is 52.2 Å². The molecule has 0 aromatic heterocycles. The second kappa shape index (κ2) is 9.56. The predicted molar refractivity (Wildman–Crippen MR) is 130 cm³/mol. The van der Waals surface area contributed by atoms with Crippen LogP contribution in [-0.4, -0.2) is 22.4 Å². The number of hydrogen-bond donors (Lipinski definition) is 1. The highest BCUT2D eigenvalue weighted by Crippen LogP contribution is 2.34. The number of carbonyl (C=O) groups excluding carboxylic acids is 2. The number of nitrogens with zero attached hydrogens (tertiary/aromatic N) is 1. The van der Waals surface area contributed by atoms with Gasteiger partial charge in [0.2, 0.25) is 0 Å². The fourth-order valence-electron chi connectivity index (χ4n) is 3.58. The van der Waals surface area contributed by atoms with E-state index in [9.17, 15) is 9.59 Å². The van der Waals surface area contributed by atoms with E-state index in [0.717, 1.165) is 0 Å². The Kier molecular flexibility index (Phi) is 6.75. The Labute approximate surface area is 205 Å². The summed E-state index contributed by atoms with van der Waals surface area (Å²) in [5.41, 5.74) is 1.47. The van der Waals surface area contributed by atoms with Crippen molar-refractivity contribution in [3.8, 4) is 0 Å². The molecule has 0 fully saturated rings. The van der Waals surface area contributed by atoms with E-state index in [1.807, 2.05) is 0 Å². The van der Waals surface area contributed by atoms with Gasteiger partial charge in [-0.1, -0.05) is 77.3 Å². The molecule has 4 rings (SSSR count). The van der Waals surface area contributed by atoms with Gasteiger partial charge < -0.3 is 10.2 Å². The quantitative estimate of drug-likeness (QED) is 0.294. The zero-order valence-electron chi connectivity index (χ0n) is 17.2. The number of anilines is 1. The van der Waals surface area contributed by atoms with E-state index in [1.54, 1.807) is 54.6 Å². The summed E-state index contributed by atoms with van der Waals surface area (Å²) in [5.74, 6) is -3.57. The molecule has 0 saturated carbocycles. The van der Waals surface area contributed by atoms with Crippen LogP contribution >= 0.6 is 34.8 Å². The van der Waals surface area contributed by atoms with Crippen molar-refractivity contribution in [3.05, 3.63) is 111 Å². The predicted octanol–water partition coefficient (Wildman–Crippen LogP) is 6.90. The van der Waals surface area contributed by atoms with Crippen LogP contribution in [0.3, 0.4) is 0 Å². The van der Waals surface area contributed by atoms with Gasteiger partial charge in [-0.3, -0.25) is 9.59 Å². The van der Waals surface area contributed by atoms with Crippen LogP contribution in [0, 0.1) is 0 Å². The van der Waals surface area contributed by atoms with Crippen LogP contribution in [0.5, 0.6) is 0 Å². The number of nitrogens with one attached hydrogen (secondary N) is 1. The van der Waals surface area contributed by atoms with E-state index in [1.165, 1.54) is 29.3 Å². The van der Waals surface area contributed by atoms with Gasteiger partial charge in [-0.2, -0.15) is 0 Å². The second-order valence-electron chi connectivity index (χ2n) is 7.56. The Bertz CT molecular complexity index is 1250. The largest absolute Gasteiger partial charge is 0.334 e. The van der Waals surface area contributed by atoms with E-state index in [-0.39, 0.29) is 30.0 Å². The lowest BCUT2D eigenvalue weighted by atomic mass is 10.0. The van der Waals surface area contributed by atoms with Crippen molar-refractivity contribution in [2.45, 2.75) is 18.8 Å². The van der Waals surface area contributed by atoms with Crippen LogP contribution in [-0.2, 0) is 11.3 Å². The molecule has 1 aliphatic rings. The maximum atomic E-state index is 15.9. The van der Waals surface area contributed by atoms with Gasteiger partial charge in [0.1, 0.15) is 0 Å². The monoisotopic (exact) mass is 502 g/mol. The van der Waals surface area contributed by atoms with Crippen molar-refractivity contribution in [3.63, 3.8) is 0 Å². The fourth-order valence-corrected chi connectivity index (χ4v) is 4.08. The average Bonchev–Trinajstić information content (AvgIpc) is 3.19. The van der Waals surface area contributed by atoms with Gasteiger partial charge in [0.25, 0.3) is 11.7 Å². The summed E-state index contributed by atoms with van der Waals surface area (Å²) in [6.07, 6.45) is 2.96. The van der Waals surface area contributed by atoms with Gasteiger partial charge >= 0.3 is 0 Å². The number of ketones is 1. The second-order valence-corrected chi connectivity index (χ2v) is 8.81. The Hall–Kier alpha value is -2.86. The number of benzene rings is 3. The molecule has 0 bridgehead atoms. The molecule has 4 nitrogen and oxygen atoms in total. The van der Waals surface area contributed by atoms with Crippen LogP contribution < -0.4 is 5.32 Å². The molecule has 0 aliphatic carbocycles. The minimum atomic E-state index is -2.35. The molecule has 1 aliphatic heterocycles. The molecule has 8 heteroatoms. The molecule has 1 atom stereocenters. The van der Waals surface area contributed by atoms with Gasteiger partial charge in [0.15, 0.2) is 5.78 Å². The lowest BCUT2D eigenvalue weighted by Crippen LogP contribution is -2.48. The minimum absolute atomic E-state index is 0.105. The molecule has 1 N–H and O–H groups in total. The van der Waals surface area contributed by atoms with Gasteiger partial charge in [0.05, 0.1) is 15.7 Å². The third-order valence-electron chi connectivity index (χ3n) is 5.32. The lowest BCUT2D eigenvalue weighted by Gasteiger charge is -2.31. The number of carbonyl (C=O) groups is 2. The summed E-state index contributed by atoms with van der Waals surface area (Å²) in [7, 11) is 0. The molecule has 3 aromatic rings. The lowest BCUT2D eigenvalue weighted by molar-refractivity contribution is -0.136. The van der Waals surface area contributed by atoms with E-state index in [2.05, 4.69) is 5.32 Å². The first kappa shape index (κ1) is 23.3. The molecular formula is C25H18Cl3FN2O2. The molecule has 0 radical (unpaired) electrons. The van der Waals surface area contributed by atoms with Crippen molar-refractivity contribution in [2.75, 3.05) is 5.32 Å². The van der Waals surface area contributed by atoms with Crippen LogP contribution in [0.4, 0.5) is 10.1 Å². The number of amides is 1. The number of halogens is 4. The van der Waals surface area contributed by atoms with Crippen LogP contribution in [0.15, 0.2) is 79.0 Å². The van der Waals surface area contributed by atoms with Gasteiger partial charge in [-0.05, 0) is 42.1 Å². The molecule has 1 heterocycles. The van der Waals surface area contributed by atoms with Crippen LogP contribution in [0.1, 0.15) is 27.9 Å². The molecule has 1 amide bonds. The molecular weight excluding hydrogens is 486 g/mol. The first-order valence-electron chi connectivity index (χ1n) is 10.0. The summed E-state index contributed by atoms with van der Waals surface area (Å²) < 4.78 is 15.9. The van der Waals surface area contributed by atoms with E-state index < -0.39 is 11.7 Å². The molecule has 0 unspecified atom stereocenters. The maximum Gasteiger partial charge on any atom is 0.283 e. The summed E-state index contributed by atoms with van der Waals surface area (Å²) in [5, 5.41) is 3.64. The van der Waals surface area contributed by atoms with Gasteiger partial charge in [-0.15, -0.1) is 0 Å². The normalized spacial score (nSPS) is 17.3. The first-order chi connectivity index (χ1) is 15.8. The SMILES string of the molecule is O=C(c1ccccc1)c1cc(Cl)ccc1NC(=O)[C@@]1(F)CC=CN1Cc1ccc(Cl)c(Cl)c1. The standard InChI is InChI=1S/C25H18Cl3FN2O2/c26-18-8-10-22(19(14-18)23(32)17-5-2-1-3-6-17)30-24(33)25(29)11-4-12-31(25)15-16-7-9-20(27)21(28)13-16/h1-10,12-14H,11,15H2,(H,30,33)/t25-/m1/s1. The number of rotatable bonds is 6. The Morgan fingerprint density at radius 3 is 2.45 bits per heavy atom. The first-order valence-corrected chi connectivity index (χ1v) is 11.2. The zero-order valence-corrected chi connectivity index (χ0v) is 19.5. The third-order valence-corrected chi connectivity index (χ3v) is 6.30. The number of hydrogen-bond acceptors (Lipinski definition) is 3. The van der Waals surface area contributed by atoms with Crippen LogP contribution in [0.25, 0.3) is 0 Å². The average molecular weight is 504 g/mol. The molecule has 0 spiro atoms. The van der Waals surface area contributed by atoms with Gasteiger partial charge in [-0.25, -0.2) is 4.39 Å². The molecule has 33 heavy (non-hydrogen) atoms. The van der Waals surface area contributed by atoms with E-state index >= 15 is 4.39 Å². The number of alkyl halides is 1. The topological polar surface area (TPSA) is 49.4 Å². The summed E-state index contributed by atoms with van der Waals surface area (Å²) in [6, 6.07) is 18.0. The Morgan fingerprint density at radius 1 is 0.970 bits per heavy atom. The van der Waals surface area contributed by atoms with Crippen molar-refractivity contribution in [2.24, 2.45) is 0 Å². The highest BCUT2D eigenvalue weighted by atomic mass is 35.5. The Morgan fingerprint density at radius 2 is 1.73 bits per heavy atom. The summed E-state index contributed by atoms with van der Waals surface area (Å²) >= 11 is 18.1. The summed E-state index contributed by atoms with van der Waals surface area (Å²) in [6.45, 7) is 0.105.